The summed E-state index contributed by atoms with van der Waals surface area (Å²) < 4.78 is 5.39. The molecule has 2 aliphatic heterocycles. The highest BCUT2D eigenvalue weighted by Crippen LogP contribution is 2.34. The number of benzene rings is 1. The molecule has 0 saturated carbocycles. The number of aryl methyl sites for hydroxylation is 1. The Labute approximate surface area is 172 Å². The minimum Gasteiger partial charge on any atom is -0.377 e. The highest BCUT2D eigenvalue weighted by molar-refractivity contribution is 7.80. The van der Waals surface area contributed by atoms with E-state index >= 15 is 0 Å². The molecule has 0 spiro atoms. The van der Waals surface area contributed by atoms with Crippen molar-refractivity contribution in [2.45, 2.75) is 13.0 Å². The van der Waals surface area contributed by atoms with Gasteiger partial charge in [-0.15, -0.1) is 0 Å². The second kappa shape index (κ2) is 7.46. The van der Waals surface area contributed by atoms with Gasteiger partial charge in [0.05, 0.1) is 23.9 Å². The average Bonchev–Trinajstić information content (AvgIpc) is 2.93. The molecule has 2 fully saturated rings. The van der Waals surface area contributed by atoms with Crippen molar-refractivity contribution in [3.8, 4) is 0 Å². The van der Waals surface area contributed by atoms with Gasteiger partial charge in [0.15, 0.2) is 5.11 Å². The number of ether oxygens (including phenoxy) is 1. The lowest BCUT2D eigenvalue weighted by molar-refractivity contribution is -0.123. The van der Waals surface area contributed by atoms with E-state index < -0.39 is 6.04 Å². The maximum atomic E-state index is 12.8. The van der Waals surface area contributed by atoms with Crippen molar-refractivity contribution < 1.29 is 14.3 Å². The van der Waals surface area contributed by atoms with E-state index in [4.69, 9.17) is 28.6 Å². The first-order chi connectivity index (χ1) is 13.5. The maximum Gasteiger partial charge on any atom is 0.274 e. The van der Waals surface area contributed by atoms with Crippen LogP contribution in [0.1, 0.15) is 16.2 Å². The summed E-state index contributed by atoms with van der Waals surface area (Å²) in [4.78, 5) is 32.6. The minimum atomic E-state index is -0.413. The zero-order valence-corrected chi connectivity index (χ0v) is 16.6. The highest BCUT2D eigenvalue weighted by Gasteiger charge is 2.45. The molecule has 1 unspecified atom stereocenters. The van der Waals surface area contributed by atoms with E-state index in [1.54, 1.807) is 30.3 Å². The smallest absolute Gasteiger partial charge is 0.274 e. The van der Waals surface area contributed by atoms with E-state index in [-0.39, 0.29) is 11.8 Å². The van der Waals surface area contributed by atoms with E-state index in [1.807, 2.05) is 17.9 Å². The van der Waals surface area contributed by atoms with Gasteiger partial charge in [-0.3, -0.25) is 14.5 Å². The van der Waals surface area contributed by atoms with Gasteiger partial charge in [-0.25, -0.2) is 4.98 Å². The molecule has 0 radical (unpaired) electrons. The van der Waals surface area contributed by atoms with Crippen LogP contribution in [0, 0.1) is 6.92 Å². The van der Waals surface area contributed by atoms with Crippen LogP contribution in [0.5, 0.6) is 0 Å². The molecule has 1 atom stereocenters. The number of aromatic nitrogens is 1. The van der Waals surface area contributed by atoms with Crippen LogP contribution in [0.2, 0.25) is 5.02 Å². The van der Waals surface area contributed by atoms with Crippen LogP contribution in [-0.2, 0) is 9.53 Å². The molecule has 144 valence electrons. The molecule has 2 amide bonds. The maximum absolute atomic E-state index is 12.8. The summed E-state index contributed by atoms with van der Waals surface area (Å²) in [5.74, 6) is -0.498. The van der Waals surface area contributed by atoms with Crippen molar-refractivity contribution >= 4 is 52.1 Å². The number of morpholine rings is 1. The van der Waals surface area contributed by atoms with E-state index in [2.05, 4.69) is 10.3 Å². The lowest BCUT2D eigenvalue weighted by atomic mass is 10.2. The predicted molar refractivity (Wildman–Crippen MR) is 110 cm³/mol. The molecular formula is C19H17ClN4O3S. The molecule has 1 N–H and O–H groups in total. The molecule has 3 heterocycles. The summed E-state index contributed by atoms with van der Waals surface area (Å²) in [5, 5.41) is 3.49. The lowest BCUT2D eigenvalue weighted by Gasteiger charge is -2.28. The van der Waals surface area contributed by atoms with Gasteiger partial charge in [0.2, 0.25) is 0 Å². The Morgan fingerprint density at radius 2 is 2.18 bits per heavy atom. The number of hydrogen-bond donors (Lipinski definition) is 1. The van der Waals surface area contributed by atoms with Crippen molar-refractivity contribution in [1.82, 2.24) is 9.88 Å². The number of carbonyl (C=O) groups is 2. The van der Waals surface area contributed by atoms with Gasteiger partial charge in [0, 0.05) is 17.9 Å². The molecule has 2 aromatic rings. The fourth-order valence-electron chi connectivity index (χ4n) is 3.26. The van der Waals surface area contributed by atoms with E-state index in [9.17, 15) is 9.59 Å². The zero-order valence-electron chi connectivity index (χ0n) is 15.0. The number of fused-ring (bicyclic) bond motifs is 1. The number of rotatable bonds is 3. The number of hydrogen-bond acceptors (Lipinski definition) is 5. The molecule has 1 aromatic carbocycles. The summed E-state index contributed by atoms with van der Waals surface area (Å²) >= 11 is 11.9. The van der Waals surface area contributed by atoms with Crippen molar-refractivity contribution in [2.75, 3.05) is 30.0 Å². The van der Waals surface area contributed by atoms with Crippen LogP contribution in [-0.4, -0.2) is 52.6 Å². The van der Waals surface area contributed by atoms with Crippen LogP contribution < -0.4 is 10.2 Å². The molecule has 7 nitrogen and oxygen atoms in total. The first kappa shape index (κ1) is 18.8. The third-order valence-corrected chi connectivity index (χ3v) is 5.36. The molecule has 1 aromatic heterocycles. The van der Waals surface area contributed by atoms with Crippen LogP contribution >= 0.6 is 23.8 Å². The first-order valence-corrected chi connectivity index (χ1v) is 9.51. The van der Waals surface area contributed by atoms with Gasteiger partial charge in [-0.1, -0.05) is 17.7 Å². The summed E-state index contributed by atoms with van der Waals surface area (Å²) in [7, 11) is 0. The second-order valence-electron chi connectivity index (χ2n) is 6.52. The number of halogens is 1. The number of pyridine rings is 1. The monoisotopic (exact) mass is 416 g/mol. The van der Waals surface area contributed by atoms with Crippen LogP contribution in [0.25, 0.3) is 0 Å². The molecule has 4 rings (SSSR count). The summed E-state index contributed by atoms with van der Waals surface area (Å²) in [5.41, 5.74) is 2.05. The first-order valence-electron chi connectivity index (χ1n) is 8.72. The number of nitrogens with one attached hydrogen (secondary N) is 1. The fourth-order valence-corrected chi connectivity index (χ4v) is 3.93. The van der Waals surface area contributed by atoms with Gasteiger partial charge in [-0.2, -0.15) is 0 Å². The van der Waals surface area contributed by atoms with E-state index in [0.717, 1.165) is 5.69 Å². The summed E-state index contributed by atoms with van der Waals surface area (Å²) in [6.07, 6.45) is 0. The quantitative estimate of drug-likeness (QED) is 0.775. The third-order valence-electron chi connectivity index (χ3n) is 4.64. The largest absolute Gasteiger partial charge is 0.377 e. The third kappa shape index (κ3) is 3.34. The molecule has 2 aliphatic rings. The Balaban J connectivity index is 1.56. The number of amides is 2. The molecule has 2 saturated heterocycles. The molecular weight excluding hydrogens is 400 g/mol. The molecule has 9 heteroatoms. The van der Waals surface area contributed by atoms with Crippen LogP contribution in [0.15, 0.2) is 36.4 Å². The van der Waals surface area contributed by atoms with Gasteiger partial charge >= 0.3 is 0 Å². The van der Waals surface area contributed by atoms with E-state index in [1.165, 1.54) is 4.90 Å². The number of carbonyl (C=O) groups excluding carboxylic acids is 2. The Kier molecular flexibility index (Phi) is 5.01. The average molecular weight is 417 g/mol. The second-order valence-corrected chi connectivity index (χ2v) is 7.30. The van der Waals surface area contributed by atoms with Gasteiger partial charge in [0.1, 0.15) is 11.7 Å². The molecule has 0 bridgehead atoms. The van der Waals surface area contributed by atoms with Gasteiger partial charge in [-0.05, 0) is 49.5 Å². The number of thiocarbonyl (C=S) groups is 1. The van der Waals surface area contributed by atoms with Crippen molar-refractivity contribution in [2.24, 2.45) is 0 Å². The van der Waals surface area contributed by atoms with Gasteiger partial charge < -0.3 is 15.0 Å². The molecule has 0 aliphatic carbocycles. The minimum absolute atomic E-state index is 0.160. The van der Waals surface area contributed by atoms with Crippen LogP contribution in [0.3, 0.4) is 0 Å². The Hall–Kier alpha value is -2.55. The van der Waals surface area contributed by atoms with Crippen molar-refractivity contribution in [1.29, 1.82) is 0 Å². The van der Waals surface area contributed by atoms with Crippen molar-refractivity contribution in [3.63, 3.8) is 0 Å². The standard InChI is InChI=1S/C19H17ClN4O3S/c1-11-3-2-4-14(21-11)17(25)22-12-5-6-15(13(20)9-12)24-18(26)16-10-27-8-7-23(16)19(24)28/h2-6,9,16H,7-8,10H2,1H3,(H,22,25). The number of nitrogens with zero attached hydrogens (tertiary/aromatic N) is 3. The summed E-state index contributed by atoms with van der Waals surface area (Å²) in [6, 6.07) is 9.75. The zero-order chi connectivity index (χ0) is 19.8. The Morgan fingerprint density at radius 1 is 1.36 bits per heavy atom. The normalized spacial score (nSPS) is 19.0. The predicted octanol–water partition coefficient (Wildman–Crippen LogP) is 2.63. The van der Waals surface area contributed by atoms with Crippen molar-refractivity contribution in [3.05, 3.63) is 52.8 Å². The molecule has 28 heavy (non-hydrogen) atoms. The topological polar surface area (TPSA) is 74.8 Å². The summed E-state index contributed by atoms with van der Waals surface area (Å²) in [6.45, 7) is 3.23. The Bertz CT molecular complexity index is 959. The Morgan fingerprint density at radius 3 is 2.89 bits per heavy atom. The number of anilines is 2. The fraction of sp³-hybridized carbons (Fsp3) is 0.263. The van der Waals surface area contributed by atoms with Crippen LogP contribution in [0.4, 0.5) is 11.4 Å². The SMILES string of the molecule is Cc1cccc(C(=O)Nc2ccc(N3C(=O)C4COCCN4C3=S)c(Cl)c2)n1. The lowest BCUT2D eigenvalue weighted by Crippen LogP contribution is -2.44. The van der Waals surface area contributed by atoms with E-state index in [0.29, 0.717) is 47.0 Å². The van der Waals surface area contributed by atoms with Gasteiger partial charge in [0.25, 0.3) is 11.8 Å². The highest BCUT2D eigenvalue weighted by atomic mass is 35.5.